The highest BCUT2D eigenvalue weighted by Gasteiger charge is 2.14. The minimum absolute atomic E-state index is 0.159. The first kappa shape index (κ1) is 4.00. The molecule has 0 radical (unpaired) electrons. The van der Waals surface area contributed by atoms with Gasteiger partial charge in [0.05, 0.1) is 5.48 Å². The zero-order valence-corrected chi connectivity index (χ0v) is 10.6. The second-order valence-electron chi connectivity index (χ2n) is 2.72. The zero-order valence-electron chi connectivity index (χ0n) is 18.4. The maximum Gasteiger partial charge on any atom is 0.0506 e. The van der Waals surface area contributed by atoms with Crippen LogP contribution in [-0.2, 0) is 0 Å². The molecule has 1 aliphatic rings. The van der Waals surface area contributed by atoms with Gasteiger partial charge in [-0.1, -0.05) is 0 Å². The van der Waals surface area contributed by atoms with Crippen molar-refractivity contribution in [1.82, 2.24) is 4.90 Å². The highest BCUT2D eigenvalue weighted by Crippen LogP contribution is 2.28. The molecule has 0 unspecified atom stereocenters. The molecule has 15 heavy (non-hydrogen) atoms. The molecule has 1 aromatic rings. The number of benzene rings is 1. The third-order valence-electron chi connectivity index (χ3n) is 1.71. The van der Waals surface area contributed by atoms with Crippen molar-refractivity contribution in [2.24, 2.45) is 0 Å². The number of piperazine rings is 1. The van der Waals surface area contributed by atoms with Gasteiger partial charge in [0.1, 0.15) is 0 Å². The summed E-state index contributed by atoms with van der Waals surface area (Å²) >= 11 is 6.39. The van der Waals surface area contributed by atoms with E-state index >= 15 is 0 Å². The van der Waals surface area contributed by atoms with Crippen LogP contribution in [0.2, 0.25) is 0 Å². The van der Waals surface area contributed by atoms with Gasteiger partial charge in [0.2, 0.25) is 0 Å². The van der Waals surface area contributed by atoms with E-state index in [9.17, 15) is 0 Å². The fraction of sp³-hybridized carbons (Fsp3) is 0.455. The topological polar surface area (TPSA) is 6.48 Å². The molecule has 0 bridgehead atoms. The van der Waals surface area contributed by atoms with E-state index < -0.39 is 33.0 Å². The van der Waals surface area contributed by atoms with E-state index in [0.29, 0.717) is 13.8 Å². The van der Waals surface area contributed by atoms with Crippen LogP contribution in [0.25, 0.3) is 0 Å². The second-order valence-corrected chi connectivity index (χ2v) is 4.43. The van der Waals surface area contributed by atoms with Crippen molar-refractivity contribution in [3.63, 3.8) is 0 Å². The molecular formula is C11H14Br2N2. The van der Waals surface area contributed by atoms with Crippen LogP contribution in [0.5, 0.6) is 0 Å². The van der Waals surface area contributed by atoms with Gasteiger partial charge in [-0.15, -0.1) is 0 Å². The Morgan fingerprint density at radius 2 is 1.93 bits per heavy atom. The molecule has 0 spiro atoms. The first-order valence-corrected chi connectivity index (χ1v) is 5.54. The molecule has 2 nitrogen and oxygen atoms in total. The van der Waals surface area contributed by atoms with Crippen LogP contribution < -0.4 is 4.90 Å². The van der Waals surface area contributed by atoms with Crippen molar-refractivity contribution in [3.05, 3.63) is 27.1 Å². The zero-order chi connectivity index (χ0) is 20.5. The van der Waals surface area contributed by atoms with Crippen molar-refractivity contribution in [2.75, 3.05) is 37.9 Å². The Hall–Kier alpha value is -0.0600. The first-order valence-electron chi connectivity index (χ1n) is 9.46. The van der Waals surface area contributed by atoms with Gasteiger partial charge < -0.3 is 9.80 Å². The average molecular weight is 345 g/mol. The van der Waals surface area contributed by atoms with E-state index in [1.165, 1.54) is 18.2 Å². The average Bonchev–Trinajstić information content (AvgIpc) is 2.38. The molecule has 4 heteroatoms. The standard InChI is InChI=1S/C11H14Br2N2/c1-14-4-6-15(7-5-14)9-2-3-10(12)11(13)8-9/h2-3,8H,4-7H2,1H3/i1D3,4D2,5D2,6D2,7D2. The fourth-order valence-electron chi connectivity index (χ4n) is 1.01. The largest absolute Gasteiger partial charge is 0.369 e. The van der Waals surface area contributed by atoms with Gasteiger partial charge in [-0.3, -0.25) is 0 Å². The number of nitrogens with zero attached hydrogens (tertiary/aromatic N) is 2. The van der Waals surface area contributed by atoms with Crippen LogP contribution in [0.1, 0.15) is 15.1 Å². The first-order chi connectivity index (χ1) is 11.4. The third kappa shape index (κ3) is 2.74. The lowest BCUT2D eigenvalue weighted by Crippen LogP contribution is -2.44. The molecule has 82 valence electrons. The molecule has 1 fully saturated rings. The van der Waals surface area contributed by atoms with Crippen LogP contribution in [0, 0.1) is 0 Å². The highest BCUT2D eigenvalue weighted by molar-refractivity contribution is 9.13. The third-order valence-corrected chi connectivity index (χ3v) is 3.59. The normalized spacial score (nSPS) is 43.3. The van der Waals surface area contributed by atoms with Gasteiger partial charge in [0.15, 0.2) is 0 Å². The van der Waals surface area contributed by atoms with Crippen molar-refractivity contribution in [2.45, 2.75) is 0 Å². The SMILES string of the molecule is [2H]C([2H])([2H])N1C([2H])([2H])C([2H])([2H])N(c2ccc(Br)c(Br)c2)C([2H])([2H])C1([2H])[2H]. The summed E-state index contributed by atoms with van der Waals surface area (Å²) < 4.78 is 88.2. The predicted octanol–water partition coefficient (Wildman–Crippen LogP) is 2.96. The number of hydrogen-bond donors (Lipinski definition) is 0. The Morgan fingerprint density at radius 1 is 1.20 bits per heavy atom. The molecule has 1 saturated heterocycles. The van der Waals surface area contributed by atoms with Gasteiger partial charge in [0, 0.05) is 50.2 Å². The van der Waals surface area contributed by atoms with Crippen molar-refractivity contribution in [3.8, 4) is 0 Å². The number of rotatable bonds is 1. The summed E-state index contributed by atoms with van der Waals surface area (Å²) in [5.41, 5.74) is -0.159. The smallest absolute Gasteiger partial charge is 0.0506 e. The minimum Gasteiger partial charge on any atom is -0.369 e. The number of anilines is 1. The fourth-order valence-corrected chi connectivity index (χ4v) is 1.62. The van der Waals surface area contributed by atoms with E-state index in [4.69, 9.17) is 15.1 Å². The van der Waals surface area contributed by atoms with Crippen LogP contribution in [0.4, 0.5) is 5.69 Å². The molecule has 0 aromatic heterocycles. The molecule has 0 N–H and O–H groups in total. The van der Waals surface area contributed by atoms with Crippen LogP contribution in [0.15, 0.2) is 27.1 Å². The molecule has 1 aliphatic heterocycles. The molecule has 0 saturated carbocycles. The Kier molecular flexibility index (Phi) is 1.29. The maximum absolute atomic E-state index is 8.18. The van der Waals surface area contributed by atoms with Crippen LogP contribution >= 0.6 is 31.9 Å². The maximum atomic E-state index is 8.18. The summed E-state index contributed by atoms with van der Waals surface area (Å²) in [6.45, 7) is -16.6. The lowest BCUT2D eigenvalue weighted by molar-refractivity contribution is 0.313. The molecule has 0 atom stereocenters. The molecular weight excluding hydrogens is 320 g/mol. The number of hydrogen-bond acceptors (Lipinski definition) is 2. The second kappa shape index (κ2) is 4.85. The van der Waals surface area contributed by atoms with E-state index in [1.807, 2.05) is 0 Å². The van der Waals surface area contributed by atoms with Crippen LogP contribution in [-0.4, -0.2) is 37.9 Å². The molecule has 1 heterocycles. The van der Waals surface area contributed by atoms with Crippen LogP contribution in [0.3, 0.4) is 0 Å². The van der Waals surface area contributed by atoms with E-state index in [2.05, 4.69) is 31.9 Å². The molecule has 0 amide bonds. The van der Waals surface area contributed by atoms with Crippen molar-refractivity contribution < 1.29 is 15.1 Å². The predicted molar refractivity (Wildman–Crippen MR) is 71.6 cm³/mol. The Balaban J connectivity index is 2.80. The van der Waals surface area contributed by atoms with Gasteiger partial charge in [-0.2, -0.15) is 0 Å². The summed E-state index contributed by atoms with van der Waals surface area (Å²) in [6.07, 6.45) is 0. The minimum atomic E-state index is -3.42. The Labute approximate surface area is 123 Å². The summed E-state index contributed by atoms with van der Waals surface area (Å²) in [4.78, 5) is -0.0448. The van der Waals surface area contributed by atoms with E-state index in [0.717, 1.165) is 0 Å². The van der Waals surface area contributed by atoms with Gasteiger partial charge >= 0.3 is 0 Å². The Morgan fingerprint density at radius 3 is 2.53 bits per heavy atom. The summed E-state index contributed by atoms with van der Waals surface area (Å²) in [5.74, 6) is 0. The quantitative estimate of drug-likeness (QED) is 0.772. The summed E-state index contributed by atoms with van der Waals surface area (Å²) in [6, 6.07) is 4.02. The number of halogens is 2. The molecule has 0 aliphatic carbocycles. The molecule has 2 rings (SSSR count). The van der Waals surface area contributed by atoms with Gasteiger partial charge in [-0.05, 0) is 57.0 Å². The summed E-state index contributed by atoms with van der Waals surface area (Å²) in [7, 11) is 0. The molecule has 1 aromatic carbocycles. The van der Waals surface area contributed by atoms with Crippen molar-refractivity contribution in [1.29, 1.82) is 0 Å². The van der Waals surface area contributed by atoms with Gasteiger partial charge in [0.25, 0.3) is 0 Å². The van der Waals surface area contributed by atoms with E-state index in [1.54, 1.807) is 0 Å². The highest BCUT2D eigenvalue weighted by atomic mass is 79.9. The van der Waals surface area contributed by atoms with Crippen molar-refractivity contribution >= 4 is 37.5 Å². The lowest BCUT2D eigenvalue weighted by Gasteiger charge is -2.34. The number of likely N-dealkylation sites (N-methyl/N-ethyl adjacent to an activating group) is 1. The van der Waals surface area contributed by atoms with E-state index in [-0.39, 0.29) is 10.6 Å². The lowest BCUT2D eigenvalue weighted by atomic mass is 10.2. The van der Waals surface area contributed by atoms with Gasteiger partial charge in [-0.25, -0.2) is 0 Å². The Bertz CT molecular complexity index is 691. The monoisotopic (exact) mass is 343 g/mol. The summed E-state index contributed by atoms with van der Waals surface area (Å²) in [5, 5.41) is 0.